The molecule has 0 atom stereocenters. The molecule has 0 saturated carbocycles. The second kappa shape index (κ2) is 7.88. The standard InChI is InChI=1S/C20H11F4N3O/c21-15-11-17(20(22,23)24)27-16(18(15)14-7-4-9-25-12-14)8-10-26-19(28)13-5-2-1-3-6-13/h1-7,9,11-12H,(H,26,28). The molecular weight excluding hydrogens is 374 g/mol. The molecule has 0 aliphatic rings. The molecule has 0 aliphatic carbocycles. The molecule has 2 aromatic heterocycles. The Bertz CT molecular complexity index is 1060. The van der Waals surface area contributed by atoms with Crippen LogP contribution in [-0.2, 0) is 6.18 Å². The van der Waals surface area contributed by atoms with Gasteiger partial charge in [0.25, 0.3) is 5.91 Å². The number of nitrogens with one attached hydrogen (secondary N) is 1. The fourth-order valence-electron chi connectivity index (χ4n) is 2.34. The van der Waals surface area contributed by atoms with Gasteiger partial charge in [-0.05, 0) is 24.1 Å². The highest BCUT2D eigenvalue weighted by molar-refractivity contribution is 5.95. The first kappa shape index (κ1) is 19.0. The quantitative estimate of drug-likeness (QED) is 0.412. The zero-order valence-corrected chi connectivity index (χ0v) is 14.1. The van der Waals surface area contributed by atoms with E-state index in [1.165, 1.54) is 24.5 Å². The van der Waals surface area contributed by atoms with Crippen molar-refractivity contribution in [3.8, 4) is 23.1 Å². The van der Waals surface area contributed by atoms with Gasteiger partial charge in [0.05, 0.1) is 5.56 Å². The summed E-state index contributed by atoms with van der Waals surface area (Å²) < 4.78 is 53.4. The van der Waals surface area contributed by atoms with E-state index in [1.807, 2.05) is 0 Å². The first-order chi connectivity index (χ1) is 13.4. The van der Waals surface area contributed by atoms with E-state index in [4.69, 9.17) is 0 Å². The van der Waals surface area contributed by atoms with Crippen molar-refractivity contribution < 1.29 is 22.4 Å². The van der Waals surface area contributed by atoms with E-state index in [1.54, 1.807) is 30.3 Å². The highest BCUT2D eigenvalue weighted by Crippen LogP contribution is 2.32. The summed E-state index contributed by atoms with van der Waals surface area (Å²) in [6.07, 6.45) is -2.14. The van der Waals surface area contributed by atoms with Gasteiger partial charge in [0, 0.05) is 35.6 Å². The number of rotatable bonds is 2. The van der Waals surface area contributed by atoms with Gasteiger partial charge in [-0.25, -0.2) is 9.37 Å². The summed E-state index contributed by atoms with van der Waals surface area (Å²) in [5.41, 5.74) is -1.60. The lowest BCUT2D eigenvalue weighted by Gasteiger charge is -2.11. The Morgan fingerprint density at radius 2 is 1.82 bits per heavy atom. The molecule has 8 heteroatoms. The minimum Gasteiger partial charge on any atom is -0.281 e. The molecule has 0 spiro atoms. The lowest BCUT2D eigenvalue weighted by Crippen LogP contribution is -2.17. The summed E-state index contributed by atoms with van der Waals surface area (Å²) in [7, 11) is 0. The van der Waals surface area contributed by atoms with E-state index in [0.717, 1.165) is 0 Å². The summed E-state index contributed by atoms with van der Waals surface area (Å²) in [6.45, 7) is 0. The lowest BCUT2D eigenvalue weighted by atomic mass is 10.0. The van der Waals surface area contributed by atoms with Crippen LogP contribution in [0.15, 0.2) is 60.9 Å². The van der Waals surface area contributed by atoms with E-state index in [0.29, 0.717) is 11.6 Å². The van der Waals surface area contributed by atoms with Crippen LogP contribution in [0.5, 0.6) is 0 Å². The van der Waals surface area contributed by atoms with Gasteiger partial charge in [-0.3, -0.25) is 15.1 Å². The number of amides is 1. The molecular formula is C20H11F4N3O. The van der Waals surface area contributed by atoms with Gasteiger partial charge >= 0.3 is 6.18 Å². The molecule has 4 nitrogen and oxygen atoms in total. The summed E-state index contributed by atoms with van der Waals surface area (Å²) in [4.78, 5) is 19.2. The predicted molar refractivity (Wildman–Crippen MR) is 93.2 cm³/mol. The second-order valence-electron chi connectivity index (χ2n) is 5.52. The van der Waals surface area contributed by atoms with Gasteiger partial charge < -0.3 is 0 Å². The average Bonchev–Trinajstić information content (AvgIpc) is 2.68. The van der Waals surface area contributed by atoms with Crippen LogP contribution < -0.4 is 5.32 Å². The monoisotopic (exact) mass is 385 g/mol. The Balaban J connectivity index is 2.01. The number of aromatic nitrogens is 2. The maximum absolute atomic E-state index is 14.5. The Morgan fingerprint density at radius 1 is 1.07 bits per heavy atom. The normalized spacial score (nSPS) is 10.7. The number of hydrogen-bond donors (Lipinski definition) is 1. The molecule has 0 radical (unpaired) electrons. The van der Waals surface area contributed by atoms with Gasteiger partial charge in [0.1, 0.15) is 17.2 Å². The summed E-state index contributed by atoms with van der Waals surface area (Å²) in [6, 6.07) is 13.6. The minimum atomic E-state index is -4.85. The van der Waals surface area contributed by atoms with Crippen molar-refractivity contribution in [2.45, 2.75) is 6.18 Å². The highest BCUT2D eigenvalue weighted by atomic mass is 19.4. The molecule has 0 bridgehead atoms. The number of benzene rings is 1. The number of pyridine rings is 2. The lowest BCUT2D eigenvalue weighted by molar-refractivity contribution is -0.141. The van der Waals surface area contributed by atoms with Gasteiger partial charge in [0.15, 0.2) is 0 Å². The first-order valence-electron chi connectivity index (χ1n) is 7.91. The van der Waals surface area contributed by atoms with Gasteiger partial charge in [-0.15, -0.1) is 0 Å². The molecule has 0 aliphatic heterocycles. The van der Waals surface area contributed by atoms with Crippen LogP contribution in [0.3, 0.4) is 0 Å². The molecule has 0 unspecified atom stereocenters. The SMILES string of the molecule is O=C(NC#Cc1nc(C(F)(F)F)cc(F)c1-c1cccnc1)c1ccccc1. The summed E-state index contributed by atoms with van der Waals surface area (Å²) in [5.74, 6) is 0.608. The predicted octanol–water partition coefficient (Wildman–Crippen LogP) is 4.04. The van der Waals surface area contributed by atoms with Gasteiger partial charge in [-0.2, -0.15) is 13.2 Å². The van der Waals surface area contributed by atoms with E-state index in [9.17, 15) is 22.4 Å². The average molecular weight is 385 g/mol. The molecule has 3 aromatic rings. The van der Waals surface area contributed by atoms with Crippen LogP contribution in [0.2, 0.25) is 0 Å². The first-order valence-corrected chi connectivity index (χ1v) is 7.91. The van der Waals surface area contributed by atoms with E-state index in [2.05, 4.69) is 27.2 Å². The van der Waals surface area contributed by atoms with E-state index >= 15 is 0 Å². The van der Waals surface area contributed by atoms with Crippen LogP contribution >= 0.6 is 0 Å². The number of nitrogens with zero attached hydrogens (tertiary/aromatic N) is 2. The molecule has 1 aromatic carbocycles. The maximum Gasteiger partial charge on any atom is 0.433 e. The minimum absolute atomic E-state index is 0.208. The zero-order chi connectivity index (χ0) is 20.1. The fourth-order valence-corrected chi connectivity index (χ4v) is 2.34. The number of carbonyl (C=O) groups excluding carboxylic acids is 1. The third-order valence-corrected chi connectivity index (χ3v) is 3.60. The van der Waals surface area contributed by atoms with E-state index in [-0.39, 0.29) is 11.1 Å². The van der Waals surface area contributed by atoms with Crippen molar-refractivity contribution >= 4 is 5.91 Å². The van der Waals surface area contributed by atoms with Crippen LogP contribution in [0.25, 0.3) is 11.1 Å². The van der Waals surface area contributed by atoms with Crippen LogP contribution in [0, 0.1) is 17.8 Å². The number of carbonyl (C=O) groups is 1. The smallest absolute Gasteiger partial charge is 0.281 e. The topological polar surface area (TPSA) is 54.9 Å². The number of hydrogen-bond acceptors (Lipinski definition) is 3. The summed E-state index contributed by atoms with van der Waals surface area (Å²) in [5, 5.41) is 2.24. The molecule has 140 valence electrons. The van der Waals surface area contributed by atoms with Gasteiger partial charge in [-0.1, -0.05) is 24.3 Å². The second-order valence-corrected chi connectivity index (χ2v) is 5.52. The molecule has 1 amide bonds. The number of halogens is 4. The highest BCUT2D eigenvalue weighted by Gasteiger charge is 2.34. The summed E-state index contributed by atoms with van der Waals surface area (Å²) >= 11 is 0. The van der Waals surface area contributed by atoms with Crippen LogP contribution in [0.4, 0.5) is 17.6 Å². The third-order valence-electron chi connectivity index (χ3n) is 3.60. The Morgan fingerprint density at radius 3 is 2.46 bits per heavy atom. The van der Waals surface area contributed by atoms with Crippen molar-refractivity contribution in [1.29, 1.82) is 0 Å². The van der Waals surface area contributed by atoms with Crippen LogP contribution in [-0.4, -0.2) is 15.9 Å². The van der Waals surface area contributed by atoms with Gasteiger partial charge in [0.2, 0.25) is 0 Å². The molecule has 0 saturated heterocycles. The van der Waals surface area contributed by atoms with Crippen molar-refractivity contribution in [2.75, 3.05) is 0 Å². The van der Waals surface area contributed by atoms with E-state index < -0.39 is 29.3 Å². The fraction of sp³-hybridized carbons (Fsp3) is 0.0500. The van der Waals surface area contributed by atoms with Crippen LogP contribution in [0.1, 0.15) is 21.7 Å². The maximum atomic E-state index is 14.5. The van der Waals surface area contributed by atoms with Crippen molar-refractivity contribution in [3.05, 3.63) is 83.7 Å². The Labute approximate surface area is 157 Å². The number of alkyl halides is 3. The molecule has 0 fully saturated rings. The molecule has 1 N–H and O–H groups in total. The molecule has 3 rings (SSSR count). The molecule has 2 heterocycles. The van der Waals surface area contributed by atoms with Crippen molar-refractivity contribution in [1.82, 2.24) is 15.3 Å². The zero-order valence-electron chi connectivity index (χ0n) is 14.1. The Kier molecular flexibility index (Phi) is 5.36. The van der Waals surface area contributed by atoms with Crippen molar-refractivity contribution in [3.63, 3.8) is 0 Å². The molecule has 28 heavy (non-hydrogen) atoms. The van der Waals surface area contributed by atoms with Crippen molar-refractivity contribution in [2.24, 2.45) is 0 Å². The largest absolute Gasteiger partial charge is 0.433 e. The Hall–Kier alpha value is -3.73. The third kappa shape index (κ3) is 4.32.